The summed E-state index contributed by atoms with van der Waals surface area (Å²) < 4.78 is 5.38. The second-order valence-electron chi connectivity index (χ2n) is 6.35. The van der Waals surface area contributed by atoms with Gasteiger partial charge >= 0.3 is 0 Å². The molecule has 0 N–H and O–H groups in total. The van der Waals surface area contributed by atoms with Gasteiger partial charge in [-0.15, -0.1) is 23.2 Å². The first-order chi connectivity index (χ1) is 7.17. The van der Waals surface area contributed by atoms with Gasteiger partial charge in [-0.05, 0) is 54.8 Å². The van der Waals surface area contributed by atoms with Crippen LogP contribution >= 0.6 is 23.2 Å². The van der Waals surface area contributed by atoms with Gasteiger partial charge in [0.1, 0.15) is 4.33 Å². The molecule has 5 rings (SSSR count). The van der Waals surface area contributed by atoms with Crippen molar-refractivity contribution in [3.05, 3.63) is 0 Å². The molecule has 1 heterocycles. The third-order valence-corrected chi connectivity index (χ3v) is 6.89. The molecular formula is C12H14Cl2O. The van der Waals surface area contributed by atoms with E-state index in [-0.39, 0.29) is 0 Å². The van der Waals surface area contributed by atoms with Crippen LogP contribution in [0.15, 0.2) is 0 Å². The van der Waals surface area contributed by atoms with Crippen molar-refractivity contribution in [3.8, 4) is 0 Å². The van der Waals surface area contributed by atoms with Crippen molar-refractivity contribution >= 4 is 23.2 Å². The number of hydrogen-bond donors (Lipinski definition) is 0. The molecule has 3 heteroatoms. The van der Waals surface area contributed by atoms with Crippen LogP contribution < -0.4 is 0 Å². The zero-order chi connectivity index (χ0) is 9.95. The van der Waals surface area contributed by atoms with Gasteiger partial charge in [0.2, 0.25) is 0 Å². The lowest BCUT2D eigenvalue weighted by atomic mass is 9.71. The van der Waals surface area contributed by atoms with E-state index in [1.54, 1.807) is 0 Å². The molecule has 4 bridgehead atoms. The van der Waals surface area contributed by atoms with E-state index in [1.807, 2.05) is 0 Å². The molecule has 8 atom stereocenters. The van der Waals surface area contributed by atoms with Crippen LogP contribution in [-0.4, -0.2) is 16.5 Å². The maximum absolute atomic E-state index is 6.45. The molecule has 4 saturated carbocycles. The van der Waals surface area contributed by atoms with E-state index in [0.717, 1.165) is 36.0 Å². The smallest absolute Gasteiger partial charge is 0.121 e. The SMILES string of the molecule is ClC1(Cl)C[C@@H]2C[C@H]1[C@H]1[C@@H]3C[C@H]([C@H]4O[C@H]34)[C@H]21. The minimum atomic E-state index is -0.402. The van der Waals surface area contributed by atoms with Gasteiger partial charge in [-0.2, -0.15) is 0 Å². The Balaban J connectivity index is 1.61. The number of alkyl halides is 2. The molecule has 0 unspecified atom stereocenters. The Hall–Kier alpha value is 0.540. The van der Waals surface area contributed by atoms with Crippen molar-refractivity contribution in [3.63, 3.8) is 0 Å². The number of hydrogen-bond acceptors (Lipinski definition) is 1. The van der Waals surface area contributed by atoms with Crippen LogP contribution in [0.4, 0.5) is 0 Å². The molecule has 0 amide bonds. The van der Waals surface area contributed by atoms with E-state index in [9.17, 15) is 0 Å². The average molecular weight is 245 g/mol. The van der Waals surface area contributed by atoms with Crippen molar-refractivity contribution in [1.82, 2.24) is 0 Å². The second-order valence-corrected chi connectivity index (χ2v) is 7.89. The highest BCUT2D eigenvalue weighted by molar-refractivity contribution is 6.48. The van der Waals surface area contributed by atoms with Crippen LogP contribution in [0.2, 0.25) is 0 Å². The zero-order valence-corrected chi connectivity index (χ0v) is 9.92. The summed E-state index contributed by atoms with van der Waals surface area (Å²) in [6, 6.07) is 0. The van der Waals surface area contributed by atoms with Crippen molar-refractivity contribution in [1.29, 1.82) is 0 Å². The lowest BCUT2D eigenvalue weighted by Gasteiger charge is -2.38. The fourth-order valence-corrected chi connectivity index (χ4v) is 6.64. The number of epoxide rings is 1. The molecule has 5 fully saturated rings. The molecule has 82 valence electrons. The van der Waals surface area contributed by atoms with Gasteiger partial charge in [-0.1, -0.05) is 0 Å². The zero-order valence-electron chi connectivity index (χ0n) is 8.40. The Labute approximate surface area is 99.4 Å². The highest BCUT2D eigenvalue weighted by Gasteiger charge is 2.75. The fraction of sp³-hybridized carbons (Fsp3) is 1.00. The Morgan fingerprint density at radius 3 is 2.53 bits per heavy atom. The van der Waals surface area contributed by atoms with Gasteiger partial charge in [-0.3, -0.25) is 0 Å². The molecule has 1 aliphatic heterocycles. The van der Waals surface area contributed by atoms with Crippen molar-refractivity contribution in [2.45, 2.75) is 35.8 Å². The van der Waals surface area contributed by atoms with E-state index >= 15 is 0 Å². The lowest BCUT2D eigenvalue weighted by molar-refractivity contribution is 0.158. The van der Waals surface area contributed by atoms with E-state index in [2.05, 4.69) is 0 Å². The molecular weight excluding hydrogens is 231 g/mol. The molecule has 0 aromatic rings. The fourth-order valence-electron chi connectivity index (χ4n) is 5.78. The van der Waals surface area contributed by atoms with Crippen LogP contribution in [0, 0.1) is 35.5 Å². The Kier molecular flexibility index (Phi) is 1.28. The second kappa shape index (κ2) is 2.23. The highest BCUT2D eigenvalue weighted by Crippen LogP contribution is 2.75. The first-order valence-corrected chi connectivity index (χ1v) is 6.96. The normalized spacial score (nSPS) is 70.8. The molecule has 5 aliphatic rings. The van der Waals surface area contributed by atoms with Crippen LogP contribution in [0.1, 0.15) is 19.3 Å². The topological polar surface area (TPSA) is 12.5 Å². The molecule has 15 heavy (non-hydrogen) atoms. The van der Waals surface area contributed by atoms with Gasteiger partial charge in [0, 0.05) is 0 Å². The minimum absolute atomic E-state index is 0.402. The molecule has 0 aromatic carbocycles. The molecule has 0 aromatic heterocycles. The van der Waals surface area contributed by atoms with E-state index < -0.39 is 4.33 Å². The third kappa shape index (κ3) is 0.798. The largest absolute Gasteiger partial charge is 0.369 e. The predicted octanol–water partition coefficient (Wildman–Crippen LogP) is 2.85. The summed E-state index contributed by atoms with van der Waals surface area (Å²) in [7, 11) is 0. The van der Waals surface area contributed by atoms with Gasteiger partial charge in [-0.25, -0.2) is 0 Å². The van der Waals surface area contributed by atoms with Gasteiger partial charge in [0.15, 0.2) is 0 Å². The van der Waals surface area contributed by atoms with Crippen molar-refractivity contribution in [2.24, 2.45) is 35.5 Å². The van der Waals surface area contributed by atoms with Gasteiger partial charge < -0.3 is 4.74 Å². The summed E-state index contributed by atoms with van der Waals surface area (Å²) in [5.74, 6) is 4.83. The van der Waals surface area contributed by atoms with E-state index in [1.165, 1.54) is 12.8 Å². The highest BCUT2D eigenvalue weighted by atomic mass is 35.5. The standard InChI is InChI=1S/C12H14Cl2O/c13-12(14)3-4-1-7(12)9-6-2-5(8(4)9)10-11(6)15-10/h4-11H,1-3H2/t4-,5-,6-,7-,8-,9+,10+,11+/m0/s1. The first-order valence-electron chi connectivity index (χ1n) is 6.20. The quantitative estimate of drug-likeness (QED) is 0.363. The first kappa shape index (κ1) is 8.60. The predicted molar refractivity (Wildman–Crippen MR) is 57.9 cm³/mol. The third-order valence-electron chi connectivity index (χ3n) is 6.03. The van der Waals surface area contributed by atoms with E-state index in [0.29, 0.717) is 18.1 Å². The summed E-state index contributed by atoms with van der Waals surface area (Å²) >= 11 is 12.9. The van der Waals surface area contributed by atoms with Crippen LogP contribution in [0.25, 0.3) is 0 Å². The van der Waals surface area contributed by atoms with Gasteiger partial charge in [0.25, 0.3) is 0 Å². The van der Waals surface area contributed by atoms with Crippen molar-refractivity contribution < 1.29 is 4.74 Å². The van der Waals surface area contributed by atoms with Crippen LogP contribution in [0.5, 0.6) is 0 Å². The monoisotopic (exact) mass is 244 g/mol. The van der Waals surface area contributed by atoms with Gasteiger partial charge in [0.05, 0.1) is 12.2 Å². The van der Waals surface area contributed by atoms with E-state index in [4.69, 9.17) is 27.9 Å². The number of fused-ring (bicyclic) bond motifs is 12. The van der Waals surface area contributed by atoms with Crippen LogP contribution in [-0.2, 0) is 4.74 Å². The average Bonchev–Trinajstić information content (AvgIpc) is 2.54. The Morgan fingerprint density at radius 2 is 1.73 bits per heavy atom. The Morgan fingerprint density at radius 1 is 1.00 bits per heavy atom. The number of ether oxygens (including phenoxy) is 1. The molecule has 1 nitrogen and oxygen atoms in total. The maximum atomic E-state index is 6.45. The summed E-state index contributed by atoms with van der Waals surface area (Å²) in [5, 5.41) is 0. The Bertz CT molecular complexity index is 354. The summed E-state index contributed by atoms with van der Waals surface area (Å²) in [4.78, 5) is 0. The van der Waals surface area contributed by atoms with Crippen LogP contribution in [0.3, 0.4) is 0 Å². The molecule has 4 aliphatic carbocycles. The lowest BCUT2D eigenvalue weighted by Crippen LogP contribution is -2.40. The number of rotatable bonds is 0. The summed E-state index contributed by atoms with van der Waals surface area (Å²) in [5.41, 5.74) is 0. The molecule has 0 spiro atoms. The minimum Gasteiger partial charge on any atom is -0.369 e. The molecule has 1 saturated heterocycles. The summed E-state index contributed by atoms with van der Waals surface area (Å²) in [6.45, 7) is 0. The summed E-state index contributed by atoms with van der Waals surface area (Å²) in [6.07, 6.45) is 5.02. The molecule has 0 radical (unpaired) electrons. The maximum Gasteiger partial charge on any atom is 0.121 e. The number of halogens is 2. The van der Waals surface area contributed by atoms with Crippen molar-refractivity contribution in [2.75, 3.05) is 0 Å².